The van der Waals surface area contributed by atoms with Crippen molar-refractivity contribution >= 4 is 29.1 Å². The quantitative estimate of drug-likeness (QED) is 0.727. The number of rotatable bonds is 8. The lowest BCUT2D eigenvalue weighted by atomic mass is 10.1. The predicted molar refractivity (Wildman–Crippen MR) is 107 cm³/mol. The van der Waals surface area contributed by atoms with Crippen LogP contribution in [0.4, 0.5) is 5.69 Å². The second-order valence-corrected chi connectivity index (χ2v) is 6.73. The fourth-order valence-corrected chi connectivity index (χ4v) is 2.77. The van der Waals surface area contributed by atoms with Crippen molar-refractivity contribution in [1.82, 2.24) is 10.2 Å². The van der Waals surface area contributed by atoms with Crippen molar-refractivity contribution in [3.8, 4) is 5.75 Å². The highest BCUT2D eigenvalue weighted by Gasteiger charge is 2.14. The van der Waals surface area contributed by atoms with Gasteiger partial charge in [-0.2, -0.15) is 0 Å². The molecule has 0 aliphatic carbocycles. The van der Waals surface area contributed by atoms with Gasteiger partial charge in [0.25, 0.3) is 0 Å². The molecule has 0 aromatic heterocycles. The highest BCUT2D eigenvalue weighted by Crippen LogP contribution is 2.17. The van der Waals surface area contributed by atoms with Crippen LogP contribution >= 0.6 is 11.6 Å². The van der Waals surface area contributed by atoms with E-state index in [1.54, 1.807) is 49.4 Å². The standard InChI is InChI=1S/C20H24ClN3O3/c1-14(15-5-4-6-16(21)11-15)22-19(25)12-24(2)13-20(26)23-17-7-9-18(27-3)10-8-17/h4-11,14H,12-13H2,1-3H3,(H,22,25)(H,23,26)/t14-/m1/s1. The summed E-state index contributed by atoms with van der Waals surface area (Å²) in [4.78, 5) is 26.0. The molecule has 7 heteroatoms. The first-order chi connectivity index (χ1) is 12.9. The first-order valence-electron chi connectivity index (χ1n) is 8.54. The van der Waals surface area contributed by atoms with E-state index in [-0.39, 0.29) is 30.9 Å². The summed E-state index contributed by atoms with van der Waals surface area (Å²) >= 11 is 5.98. The van der Waals surface area contributed by atoms with Crippen LogP contribution in [0.1, 0.15) is 18.5 Å². The molecule has 0 saturated carbocycles. The number of benzene rings is 2. The molecule has 27 heavy (non-hydrogen) atoms. The summed E-state index contributed by atoms with van der Waals surface area (Å²) in [5.41, 5.74) is 1.60. The molecule has 0 radical (unpaired) electrons. The van der Waals surface area contributed by atoms with Crippen LogP contribution in [0, 0.1) is 0 Å². The second-order valence-electron chi connectivity index (χ2n) is 6.29. The number of halogens is 1. The number of carbonyl (C=O) groups excluding carboxylic acids is 2. The highest BCUT2D eigenvalue weighted by molar-refractivity contribution is 6.30. The molecule has 1 atom stereocenters. The summed E-state index contributed by atoms with van der Waals surface area (Å²) in [6.07, 6.45) is 0. The maximum atomic E-state index is 12.2. The number of methoxy groups -OCH3 is 1. The lowest BCUT2D eigenvalue weighted by Crippen LogP contribution is -2.39. The molecule has 2 aromatic carbocycles. The number of likely N-dealkylation sites (N-methyl/N-ethyl adjacent to an activating group) is 1. The van der Waals surface area contributed by atoms with E-state index >= 15 is 0 Å². The van der Waals surface area contributed by atoms with Crippen LogP contribution in [0.15, 0.2) is 48.5 Å². The normalized spacial score (nSPS) is 11.7. The first kappa shape index (κ1) is 20.7. The maximum Gasteiger partial charge on any atom is 0.238 e. The molecule has 144 valence electrons. The molecule has 2 rings (SSSR count). The van der Waals surface area contributed by atoms with E-state index in [2.05, 4.69) is 10.6 Å². The van der Waals surface area contributed by atoms with Gasteiger partial charge in [-0.3, -0.25) is 14.5 Å². The number of nitrogens with one attached hydrogen (secondary N) is 2. The molecule has 0 unspecified atom stereocenters. The Morgan fingerprint density at radius 3 is 2.41 bits per heavy atom. The average Bonchev–Trinajstić information content (AvgIpc) is 2.61. The Labute approximate surface area is 164 Å². The molecule has 0 heterocycles. The minimum Gasteiger partial charge on any atom is -0.497 e. The van der Waals surface area contributed by atoms with Gasteiger partial charge in [0, 0.05) is 10.7 Å². The van der Waals surface area contributed by atoms with Crippen LogP contribution < -0.4 is 15.4 Å². The van der Waals surface area contributed by atoms with Gasteiger partial charge in [0.1, 0.15) is 5.75 Å². The average molecular weight is 390 g/mol. The number of amides is 2. The summed E-state index contributed by atoms with van der Waals surface area (Å²) in [5.74, 6) is 0.358. The lowest BCUT2D eigenvalue weighted by Gasteiger charge is -2.19. The Bertz CT molecular complexity index is 780. The monoisotopic (exact) mass is 389 g/mol. The van der Waals surface area contributed by atoms with E-state index in [4.69, 9.17) is 16.3 Å². The molecule has 0 aliphatic heterocycles. The third-order valence-corrected chi connectivity index (χ3v) is 4.16. The predicted octanol–water partition coefficient (Wildman–Crippen LogP) is 3.10. The number of carbonyl (C=O) groups is 2. The van der Waals surface area contributed by atoms with Crippen molar-refractivity contribution in [1.29, 1.82) is 0 Å². The summed E-state index contributed by atoms with van der Waals surface area (Å²) in [6.45, 7) is 2.10. The van der Waals surface area contributed by atoms with Crippen LogP contribution in [0.3, 0.4) is 0 Å². The minimum atomic E-state index is -0.196. The summed E-state index contributed by atoms with van der Waals surface area (Å²) in [7, 11) is 3.30. The summed E-state index contributed by atoms with van der Waals surface area (Å²) < 4.78 is 5.08. The van der Waals surface area contributed by atoms with E-state index in [1.165, 1.54) is 0 Å². The molecule has 0 fully saturated rings. The zero-order valence-electron chi connectivity index (χ0n) is 15.7. The van der Waals surface area contributed by atoms with Gasteiger partial charge < -0.3 is 15.4 Å². The van der Waals surface area contributed by atoms with Crippen LogP contribution in [0.5, 0.6) is 5.75 Å². The molecule has 0 saturated heterocycles. The van der Waals surface area contributed by atoms with Gasteiger partial charge in [-0.25, -0.2) is 0 Å². The summed E-state index contributed by atoms with van der Waals surface area (Å²) in [6, 6.07) is 14.2. The maximum absolute atomic E-state index is 12.2. The lowest BCUT2D eigenvalue weighted by molar-refractivity contribution is -0.123. The SMILES string of the molecule is COc1ccc(NC(=O)CN(C)CC(=O)N[C@H](C)c2cccc(Cl)c2)cc1. The zero-order chi connectivity index (χ0) is 19.8. The van der Waals surface area contributed by atoms with Crippen molar-refractivity contribution in [3.63, 3.8) is 0 Å². The number of ether oxygens (including phenoxy) is 1. The fraction of sp³-hybridized carbons (Fsp3) is 0.300. The molecule has 0 spiro atoms. The number of hydrogen-bond acceptors (Lipinski definition) is 4. The van der Waals surface area contributed by atoms with Crippen molar-refractivity contribution in [2.45, 2.75) is 13.0 Å². The largest absolute Gasteiger partial charge is 0.497 e. The van der Waals surface area contributed by atoms with E-state index in [1.807, 2.05) is 25.1 Å². The third kappa shape index (κ3) is 6.92. The van der Waals surface area contributed by atoms with E-state index in [0.717, 1.165) is 11.3 Å². The van der Waals surface area contributed by atoms with Crippen LogP contribution in [0.2, 0.25) is 5.02 Å². The summed E-state index contributed by atoms with van der Waals surface area (Å²) in [5, 5.41) is 6.32. The Morgan fingerprint density at radius 1 is 1.11 bits per heavy atom. The smallest absolute Gasteiger partial charge is 0.238 e. The number of nitrogens with zero attached hydrogens (tertiary/aromatic N) is 1. The van der Waals surface area contributed by atoms with Crippen LogP contribution in [-0.4, -0.2) is 44.0 Å². The molecule has 6 nitrogen and oxygen atoms in total. The van der Waals surface area contributed by atoms with Crippen molar-refractivity contribution in [2.75, 3.05) is 32.6 Å². The van der Waals surface area contributed by atoms with Gasteiger partial charge in [-0.1, -0.05) is 23.7 Å². The van der Waals surface area contributed by atoms with Gasteiger partial charge in [-0.15, -0.1) is 0 Å². The van der Waals surface area contributed by atoms with Crippen molar-refractivity contribution in [3.05, 3.63) is 59.1 Å². The van der Waals surface area contributed by atoms with E-state index in [0.29, 0.717) is 10.7 Å². The first-order valence-corrected chi connectivity index (χ1v) is 8.92. The fourth-order valence-electron chi connectivity index (χ4n) is 2.57. The van der Waals surface area contributed by atoms with Gasteiger partial charge >= 0.3 is 0 Å². The molecule has 0 bridgehead atoms. The van der Waals surface area contributed by atoms with E-state index < -0.39 is 0 Å². The van der Waals surface area contributed by atoms with Gasteiger partial charge in [0.2, 0.25) is 11.8 Å². The minimum absolute atomic E-state index is 0.102. The third-order valence-electron chi connectivity index (χ3n) is 3.93. The Hall–Kier alpha value is -2.57. The van der Waals surface area contributed by atoms with Gasteiger partial charge in [0.15, 0.2) is 0 Å². The van der Waals surface area contributed by atoms with Crippen molar-refractivity contribution < 1.29 is 14.3 Å². The molecule has 2 aromatic rings. The Kier molecular flexibility index (Phi) is 7.64. The highest BCUT2D eigenvalue weighted by atomic mass is 35.5. The van der Waals surface area contributed by atoms with E-state index in [9.17, 15) is 9.59 Å². The van der Waals surface area contributed by atoms with Gasteiger partial charge in [0.05, 0.1) is 26.2 Å². The zero-order valence-corrected chi connectivity index (χ0v) is 16.4. The topological polar surface area (TPSA) is 70.7 Å². The van der Waals surface area contributed by atoms with Crippen LogP contribution in [0.25, 0.3) is 0 Å². The van der Waals surface area contributed by atoms with Crippen LogP contribution in [-0.2, 0) is 9.59 Å². The van der Waals surface area contributed by atoms with Gasteiger partial charge in [-0.05, 0) is 55.9 Å². The Balaban J connectivity index is 1.78. The molecule has 2 amide bonds. The van der Waals surface area contributed by atoms with Crippen molar-refractivity contribution in [2.24, 2.45) is 0 Å². The molecule has 2 N–H and O–H groups in total. The molecular weight excluding hydrogens is 366 g/mol. The number of anilines is 1. The molecular formula is C20H24ClN3O3. The molecule has 0 aliphatic rings. The second kappa shape index (κ2) is 9.94. The Morgan fingerprint density at radius 2 is 1.78 bits per heavy atom. The number of hydrogen-bond donors (Lipinski definition) is 2.